The Morgan fingerprint density at radius 2 is 1.97 bits per heavy atom. The first-order valence-corrected chi connectivity index (χ1v) is 11.1. The van der Waals surface area contributed by atoms with Gasteiger partial charge in [0.05, 0.1) is 5.75 Å². The summed E-state index contributed by atoms with van der Waals surface area (Å²) in [6.45, 7) is 10.1. The first kappa shape index (κ1) is 23.3. The molecule has 3 rings (SSSR count). The van der Waals surface area contributed by atoms with Crippen LogP contribution >= 0.6 is 11.8 Å². The lowest BCUT2D eigenvalue weighted by Gasteiger charge is -2.12. The van der Waals surface area contributed by atoms with Gasteiger partial charge in [-0.3, -0.25) is 14.2 Å². The number of amides is 1. The number of aryl methyl sites for hydroxylation is 1. The van der Waals surface area contributed by atoms with Crippen molar-refractivity contribution < 1.29 is 14.3 Å². The molecule has 7 nitrogen and oxygen atoms in total. The number of hydrogen-bond acceptors (Lipinski definition) is 6. The van der Waals surface area contributed by atoms with Gasteiger partial charge in [0.1, 0.15) is 12.4 Å². The van der Waals surface area contributed by atoms with Gasteiger partial charge in [-0.1, -0.05) is 42.1 Å². The molecular weight excluding hydrogens is 424 g/mol. The standard InChI is InChI=1S/C24H26N4O3S/c1-5-12-28-22(14-31-21-11-6-8-16(2)17(21)3)26-27-24(28)32-15-23(30)25-20-10-7-9-19(13-20)18(4)29/h5-11,13H,1,12,14-15H2,2-4H3,(H,25,30). The van der Waals surface area contributed by atoms with Crippen LogP contribution in [-0.4, -0.2) is 32.2 Å². The van der Waals surface area contributed by atoms with E-state index < -0.39 is 0 Å². The van der Waals surface area contributed by atoms with E-state index in [4.69, 9.17) is 4.74 Å². The maximum absolute atomic E-state index is 12.4. The van der Waals surface area contributed by atoms with E-state index in [1.807, 2.05) is 36.6 Å². The van der Waals surface area contributed by atoms with Crippen LogP contribution in [0.15, 0.2) is 60.3 Å². The molecule has 0 bridgehead atoms. The van der Waals surface area contributed by atoms with Gasteiger partial charge in [0.25, 0.3) is 0 Å². The first-order chi connectivity index (χ1) is 15.4. The lowest BCUT2D eigenvalue weighted by molar-refractivity contribution is -0.113. The Kier molecular flexibility index (Phi) is 7.83. The minimum atomic E-state index is -0.197. The van der Waals surface area contributed by atoms with Crippen LogP contribution in [0.4, 0.5) is 5.69 Å². The molecule has 3 aromatic rings. The molecular formula is C24H26N4O3S. The van der Waals surface area contributed by atoms with Crippen LogP contribution in [0.1, 0.15) is 34.2 Å². The molecule has 0 unspecified atom stereocenters. The van der Waals surface area contributed by atoms with Crippen molar-refractivity contribution in [1.29, 1.82) is 0 Å². The third-order valence-corrected chi connectivity index (χ3v) is 5.87. The fraction of sp³-hybridized carbons (Fsp3) is 0.250. The van der Waals surface area contributed by atoms with Gasteiger partial charge < -0.3 is 10.1 Å². The van der Waals surface area contributed by atoms with Crippen LogP contribution in [0.25, 0.3) is 0 Å². The summed E-state index contributed by atoms with van der Waals surface area (Å²) in [6.07, 6.45) is 1.75. The molecule has 0 aliphatic heterocycles. The topological polar surface area (TPSA) is 86.1 Å². The number of thioether (sulfide) groups is 1. The highest BCUT2D eigenvalue weighted by atomic mass is 32.2. The number of anilines is 1. The number of allylic oxidation sites excluding steroid dienone is 1. The second kappa shape index (κ2) is 10.8. The average Bonchev–Trinajstić information content (AvgIpc) is 3.15. The average molecular weight is 451 g/mol. The van der Waals surface area contributed by atoms with Crippen LogP contribution in [0.2, 0.25) is 0 Å². The maximum atomic E-state index is 12.4. The van der Waals surface area contributed by atoms with Crippen LogP contribution < -0.4 is 10.1 Å². The molecule has 0 fully saturated rings. The minimum Gasteiger partial charge on any atom is -0.485 e. The summed E-state index contributed by atoms with van der Waals surface area (Å²) in [6, 6.07) is 12.8. The third-order valence-electron chi connectivity index (χ3n) is 4.90. The van der Waals surface area contributed by atoms with Crippen molar-refractivity contribution in [2.24, 2.45) is 0 Å². The summed E-state index contributed by atoms with van der Waals surface area (Å²) < 4.78 is 7.85. The van der Waals surface area contributed by atoms with E-state index in [1.165, 1.54) is 18.7 Å². The summed E-state index contributed by atoms with van der Waals surface area (Å²) in [4.78, 5) is 23.9. The normalized spacial score (nSPS) is 10.6. The number of ketones is 1. The Hall–Kier alpha value is -3.39. The molecule has 1 aromatic heterocycles. The van der Waals surface area contributed by atoms with Crippen LogP contribution in [0.3, 0.4) is 0 Å². The highest BCUT2D eigenvalue weighted by molar-refractivity contribution is 7.99. The molecule has 32 heavy (non-hydrogen) atoms. The molecule has 1 heterocycles. The van der Waals surface area contributed by atoms with Crippen molar-refractivity contribution in [1.82, 2.24) is 14.8 Å². The van der Waals surface area contributed by atoms with Gasteiger partial charge in [-0.15, -0.1) is 16.8 Å². The zero-order valence-electron chi connectivity index (χ0n) is 18.4. The van der Waals surface area contributed by atoms with Crippen molar-refractivity contribution in [2.45, 2.75) is 39.1 Å². The minimum absolute atomic E-state index is 0.0522. The van der Waals surface area contributed by atoms with Crippen molar-refractivity contribution in [3.05, 3.63) is 77.6 Å². The van der Waals surface area contributed by atoms with Gasteiger partial charge in [-0.05, 0) is 50.1 Å². The lowest BCUT2D eigenvalue weighted by atomic mass is 10.1. The highest BCUT2D eigenvalue weighted by Gasteiger charge is 2.15. The summed E-state index contributed by atoms with van der Waals surface area (Å²) in [5, 5.41) is 11.9. The fourth-order valence-electron chi connectivity index (χ4n) is 3.01. The van der Waals surface area contributed by atoms with E-state index in [0.717, 1.165) is 16.9 Å². The number of nitrogens with one attached hydrogen (secondary N) is 1. The number of carbonyl (C=O) groups is 2. The number of hydrogen-bond donors (Lipinski definition) is 1. The number of nitrogens with zero attached hydrogens (tertiary/aromatic N) is 3. The number of carbonyl (C=O) groups excluding carboxylic acids is 2. The van der Waals surface area contributed by atoms with E-state index in [9.17, 15) is 9.59 Å². The van der Waals surface area contributed by atoms with Crippen LogP contribution in [0, 0.1) is 13.8 Å². The van der Waals surface area contributed by atoms with Gasteiger partial charge in [-0.2, -0.15) is 0 Å². The van der Waals surface area contributed by atoms with E-state index >= 15 is 0 Å². The van der Waals surface area contributed by atoms with Gasteiger partial charge in [-0.25, -0.2) is 0 Å². The van der Waals surface area contributed by atoms with E-state index in [-0.39, 0.29) is 24.1 Å². The first-order valence-electron chi connectivity index (χ1n) is 10.1. The predicted octanol–water partition coefficient (Wildman–Crippen LogP) is 4.59. The molecule has 1 amide bonds. The third kappa shape index (κ3) is 5.85. The highest BCUT2D eigenvalue weighted by Crippen LogP contribution is 2.23. The van der Waals surface area contributed by atoms with Gasteiger partial charge >= 0.3 is 0 Å². The predicted molar refractivity (Wildman–Crippen MR) is 126 cm³/mol. The fourth-order valence-corrected chi connectivity index (χ4v) is 3.78. The van der Waals surface area contributed by atoms with Gasteiger partial charge in [0.2, 0.25) is 5.91 Å². The van der Waals surface area contributed by atoms with Crippen molar-refractivity contribution in [2.75, 3.05) is 11.1 Å². The van der Waals surface area contributed by atoms with Crippen molar-refractivity contribution in [3.8, 4) is 5.75 Å². The number of Topliss-reactive ketones (excluding diaryl/α,β-unsaturated/α-hetero) is 1. The molecule has 0 aliphatic rings. The molecule has 166 valence electrons. The number of benzene rings is 2. The molecule has 1 N–H and O–H groups in total. The Morgan fingerprint density at radius 3 is 2.72 bits per heavy atom. The summed E-state index contributed by atoms with van der Waals surface area (Å²) >= 11 is 1.28. The second-order valence-electron chi connectivity index (χ2n) is 7.26. The number of aromatic nitrogens is 3. The van der Waals surface area contributed by atoms with Crippen molar-refractivity contribution in [3.63, 3.8) is 0 Å². The molecule has 8 heteroatoms. The number of rotatable bonds is 10. The van der Waals surface area contributed by atoms with E-state index in [2.05, 4.69) is 22.1 Å². The zero-order chi connectivity index (χ0) is 23.1. The SMILES string of the molecule is C=CCn1c(COc2cccc(C)c2C)nnc1SCC(=O)Nc1cccc(C(C)=O)c1. The molecule has 0 saturated heterocycles. The summed E-state index contributed by atoms with van der Waals surface area (Å²) in [7, 11) is 0. The number of ether oxygens (including phenoxy) is 1. The molecule has 0 aliphatic carbocycles. The Labute approximate surface area is 191 Å². The van der Waals surface area contributed by atoms with Gasteiger partial charge in [0.15, 0.2) is 16.8 Å². The molecule has 0 radical (unpaired) electrons. The van der Waals surface area contributed by atoms with E-state index in [0.29, 0.717) is 28.8 Å². The molecule has 0 atom stereocenters. The molecule has 2 aromatic carbocycles. The second-order valence-corrected chi connectivity index (χ2v) is 8.20. The van der Waals surface area contributed by atoms with E-state index in [1.54, 1.807) is 30.3 Å². The maximum Gasteiger partial charge on any atom is 0.234 e. The Morgan fingerprint density at radius 1 is 1.19 bits per heavy atom. The Balaban J connectivity index is 1.64. The molecule has 0 saturated carbocycles. The van der Waals surface area contributed by atoms with Crippen LogP contribution in [-0.2, 0) is 17.9 Å². The zero-order valence-corrected chi connectivity index (χ0v) is 19.2. The molecule has 0 spiro atoms. The van der Waals surface area contributed by atoms with Gasteiger partial charge in [0, 0.05) is 17.8 Å². The van der Waals surface area contributed by atoms with Crippen molar-refractivity contribution >= 4 is 29.1 Å². The smallest absolute Gasteiger partial charge is 0.234 e. The Bertz CT molecular complexity index is 1140. The monoisotopic (exact) mass is 450 g/mol. The van der Waals surface area contributed by atoms with Crippen LogP contribution in [0.5, 0.6) is 5.75 Å². The largest absolute Gasteiger partial charge is 0.485 e. The lowest BCUT2D eigenvalue weighted by Crippen LogP contribution is -2.15. The summed E-state index contributed by atoms with van der Waals surface area (Å²) in [5.74, 6) is 1.36. The quantitative estimate of drug-likeness (QED) is 0.276. The summed E-state index contributed by atoms with van der Waals surface area (Å²) in [5.41, 5.74) is 3.38.